The van der Waals surface area contributed by atoms with Crippen molar-refractivity contribution in [2.24, 2.45) is 0 Å². The Morgan fingerprint density at radius 3 is 1.23 bits per heavy atom. The van der Waals surface area contributed by atoms with Gasteiger partial charge in [0.1, 0.15) is 11.6 Å². The average molecular weight is 853 g/mol. The van der Waals surface area contributed by atoms with Crippen molar-refractivity contribution in [3.05, 3.63) is 204 Å². The van der Waals surface area contributed by atoms with Gasteiger partial charge in [-0.2, -0.15) is 4.98 Å². The number of allylic oxidation sites excluding steroid dienone is 2. The normalized spacial score (nSPS) is 12.8. The molecule has 2 N–H and O–H groups in total. The molecule has 4 aromatic heterocycles. The number of ketones is 2. The molecule has 1 aliphatic carbocycles. The molecule has 3 aliphatic rings. The van der Waals surface area contributed by atoms with E-state index in [-0.39, 0.29) is 17.4 Å². The lowest BCUT2D eigenvalue weighted by molar-refractivity contribution is 0.0994. The molecular weight excluding hydrogens is 817 g/mol. The molecule has 9 nitrogen and oxygen atoms in total. The van der Waals surface area contributed by atoms with Crippen molar-refractivity contribution in [2.45, 2.75) is 6.92 Å². The molecule has 0 atom stereocenters. The Hall–Kier alpha value is -9.08. The molecule has 0 fully saturated rings. The van der Waals surface area contributed by atoms with Gasteiger partial charge < -0.3 is 14.7 Å². The van der Waals surface area contributed by atoms with Crippen molar-refractivity contribution < 1.29 is 14.3 Å². The number of benzene rings is 5. The van der Waals surface area contributed by atoms with Gasteiger partial charge in [0.05, 0.1) is 33.7 Å². The van der Waals surface area contributed by atoms with Crippen LogP contribution in [0, 0.1) is 6.92 Å². The number of carbonyl (C=O) groups excluding carboxylic acids is 2. The highest BCUT2D eigenvalue weighted by atomic mass is 16.5. The molecule has 0 saturated carbocycles. The summed E-state index contributed by atoms with van der Waals surface area (Å²) in [5.41, 5.74) is 15.9. The molecule has 9 aromatic rings. The van der Waals surface area contributed by atoms with Gasteiger partial charge in [0.15, 0.2) is 11.6 Å². The monoisotopic (exact) mass is 852 g/mol. The van der Waals surface area contributed by atoms with Gasteiger partial charge in [-0.3, -0.25) is 9.59 Å². The van der Waals surface area contributed by atoms with Crippen LogP contribution in [0.4, 0.5) is 0 Å². The summed E-state index contributed by atoms with van der Waals surface area (Å²) < 4.78 is 6.46. The number of aryl methyl sites for hydroxylation is 1. The average Bonchev–Trinajstić information content (AvgIpc) is 4.20. The van der Waals surface area contributed by atoms with Gasteiger partial charge in [-0.15, -0.1) is 0 Å². The van der Waals surface area contributed by atoms with Gasteiger partial charge in [-0.1, -0.05) is 103 Å². The predicted molar refractivity (Wildman–Crippen MR) is 263 cm³/mol. The van der Waals surface area contributed by atoms with Crippen LogP contribution < -0.4 is 4.74 Å². The van der Waals surface area contributed by atoms with Crippen LogP contribution in [0.1, 0.15) is 49.3 Å². The molecule has 312 valence electrons. The summed E-state index contributed by atoms with van der Waals surface area (Å²) in [6.45, 7) is 1.77. The molecule has 8 bridgehead atoms. The first-order valence-corrected chi connectivity index (χ1v) is 21.6. The maximum absolute atomic E-state index is 12.8. The molecule has 0 unspecified atom stereocenters. The third-order valence-electron chi connectivity index (χ3n) is 12.1. The van der Waals surface area contributed by atoms with Crippen LogP contribution >= 0.6 is 0 Å². The predicted octanol–water partition coefficient (Wildman–Crippen LogP) is 13.3. The molecule has 0 saturated heterocycles. The lowest BCUT2D eigenvalue weighted by atomic mass is 9.93. The van der Waals surface area contributed by atoms with E-state index < -0.39 is 0 Å². The maximum Gasteiger partial charge on any atom is 0.230 e. The Morgan fingerprint density at radius 2 is 0.803 bits per heavy atom. The SMILES string of the molecule is Cc1nc(Oc2ccc(-c3c4nc(c(-c5ccccc5)c5ccc([nH]5)c(-c5ccccc5)c5nc(c(-c6ccccc6)c6ccc3[nH]6)C=C5)C=C4)cc2)c2cc3c(cc2n1)C(=O)C=CC3=O. The van der Waals surface area contributed by atoms with Crippen LogP contribution in [-0.2, 0) is 0 Å². The van der Waals surface area contributed by atoms with Crippen LogP contribution in [0.5, 0.6) is 11.6 Å². The zero-order chi connectivity index (χ0) is 44.3. The molecular formula is C57H36N6O3. The molecule has 0 radical (unpaired) electrons. The van der Waals surface area contributed by atoms with Crippen LogP contribution in [0.3, 0.4) is 0 Å². The van der Waals surface area contributed by atoms with E-state index in [0.717, 1.165) is 89.4 Å². The number of ether oxygens (including phenoxy) is 1. The Kier molecular flexibility index (Phi) is 9.13. The van der Waals surface area contributed by atoms with Crippen molar-refractivity contribution in [1.29, 1.82) is 0 Å². The number of hydrogen-bond acceptors (Lipinski definition) is 7. The van der Waals surface area contributed by atoms with Gasteiger partial charge in [-0.05, 0) is 114 Å². The van der Waals surface area contributed by atoms with Crippen molar-refractivity contribution in [2.75, 3.05) is 0 Å². The highest BCUT2D eigenvalue weighted by Gasteiger charge is 2.23. The second-order valence-corrected chi connectivity index (χ2v) is 16.3. The van der Waals surface area contributed by atoms with E-state index in [1.165, 1.54) is 12.2 Å². The van der Waals surface area contributed by atoms with Crippen molar-refractivity contribution in [3.8, 4) is 56.1 Å². The zero-order valence-electron chi connectivity index (χ0n) is 35.4. The number of aromatic amines is 2. The first kappa shape index (κ1) is 38.6. The van der Waals surface area contributed by atoms with E-state index in [0.29, 0.717) is 33.6 Å². The number of fused-ring (bicyclic) bond motifs is 10. The first-order valence-electron chi connectivity index (χ1n) is 21.6. The molecule has 5 aromatic carbocycles. The largest absolute Gasteiger partial charge is 0.438 e. The summed E-state index contributed by atoms with van der Waals surface area (Å²) in [4.78, 5) is 53.1. The van der Waals surface area contributed by atoms with E-state index in [4.69, 9.17) is 14.7 Å². The van der Waals surface area contributed by atoms with E-state index in [1.54, 1.807) is 19.1 Å². The lowest BCUT2D eigenvalue weighted by Gasteiger charge is -2.13. The summed E-state index contributed by atoms with van der Waals surface area (Å²) in [6, 6.07) is 50.7. The molecule has 66 heavy (non-hydrogen) atoms. The standard InChI is InChI=1S/C57H36N6O3/c1-33-58-50-32-40-39(51(64)29-30-52(40)65)31-41(50)57(59-33)66-38-19-17-37(18-20-38)56-48-27-25-46(62-48)54(35-13-7-3-8-14-35)44-23-21-42(60-44)53(34-11-5-2-6-12-34)43-22-24-45(61-43)55(36-15-9-4-10-16-36)47-26-28-49(56)63-47/h2-32,60,63H,1H3. The number of nitrogens with zero attached hydrogens (tertiary/aromatic N) is 4. The summed E-state index contributed by atoms with van der Waals surface area (Å²) in [6.07, 6.45) is 11.0. The highest BCUT2D eigenvalue weighted by molar-refractivity contribution is 6.23. The Labute approximate surface area is 378 Å². The number of hydrogen-bond donors (Lipinski definition) is 2. The van der Waals surface area contributed by atoms with Gasteiger partial charge >= 0.3 is 0 Å². The number of carbonyl (C=O) groups is 2. The molecule has 2 aliphatic heterocycles. The van der Waals surface area contributed by atoms with E-state index >= 15 is 0 Å². The van der Waals surface area contributed by atoms with Gasteiger partial charge in [0.25, 0.3) is 0 Å². The van der Waals surface area contributed by atoms with E-state index in [1.807, 2.05) is 66.7 Å². The molecule has 0 amide bonds. The van der Waals surface area contributed by atoms with E-state index in [9.17, 15) is 9.59 Å². The van der Waals surface area contributed by atoms with Crippen LogP contribution in [0.2, 0.25) is 0 Å². The van der Waals surface area contributed by atoms with Gasteiger partial charge in [0, 0.05) is 55.4 Å². The van der Waals surface area contributed by atoms with Crippen molar-refractivity contribution >= 4 is 68.8 Å². The number of nitrogens with one attached hydrogen (secondary N) is 2. The molecule has 6 heterocycles. The van der Waals surface area contributed by atoms with Gasteiger partial charge in [0.2, 0.25) is 5.88 Å². The summed E-state index contributed by atoms with van der Waals surface area (Å²) in [5.74, 6) is 0.795. The summed E-state index contributed by atoms with van der Waals surface area (Å²) in [7, 11) is 0. The second kappa shape index (κ2) is 15.6. The first-order chi connectivity index (χ1) is 32.4. The topological polar surface area (TPSA) is 127 Å². The molecule has 0 spiro atoms. The quantitative estimate of drug-likeness (QED) is 0.170. The van der Waals surface area contributed by atoms with E-state index in [2.05, 4.69) is 117 Å². The number of H-pyrrole nitrogens is 2. The molecule has 12 rings (SSSR count). The maximum atomic E-state index is 12.8. The lowest BCUT2D eigenvalue weighted by Crippen LogP contribution is -2.12. The minimum atomic E-state index is -0.253. The Morgan fingerprint density at radius 1 is 0.409 bits per heavy atom. The summed E-state index contributed by atoms with van der Waals surface area (Å²) in [5, 5.41) is 0.532. The minimum absolute atomic E-state index is 0.239. The fourth-order valence-corrected chi connectivity index (χ4v) is 9.11. The number of aromatic nitrogens is 6. The fraction of sp³-hybridized carbons (Fsp3) is 0.0175. The smallest absolute Gasteiger partial charge is 0.230 e. The Bertz CT molecular complexity index is 3720. The Balaban J connectivity index is 1.08. The minimum Gasteiger partial charge on any atom is -0.438 e. The third-order valence-corrected chi connectivity index (χ3v) is 12.1. The third kappa shape index (κ3) is 6.74. The van der Waals surface area contributed by atoms with Gasteiger partial charge in [-0.25, -0.2) is 15.0 Å². The zero-order valence-corrected chi connectivity index (χ0v) is 35.4. The highest BCUT2D eigenvalue weighted by Crippen LogP contribution is 2.39. The van der Waals surface area contributed by atoms with Crippen LogP contribution in [-0.4, -0.2) is 41.5 Å². The summed E-state index contributed by atoms with van der Waals surface area (Å²) >= 11 is 0. The number of rotatable bonds is 6. The van der Waals surface area contributed by atoms with Crippen LogP contribution in [0.25, 0.3) is 102 Å². The van der Waals surface area contributed by atoms with Crippen molar-refractivity contribution in [3.63, 3.8) is 0 Å². The van der Waals surface area contributed by atoms with Crippen LogP contribution in [0.15, 0.2) is 164 Å². The van der Waals surface area contributed by atoms with Crippen molar-refractivity contribution in [1.82, 2.24) is 29.9 Å². The second-order valence-electron chi connectivity index (χ2n) is 16.3. The fourth-order valence-electron chi connectivity index (χ4n) is 9.11. The molecule has 9 heteroatoms.